The second kappa shape index (κ2) is 9.02. The van der Waals surface area contributed by atoms with Crippen molar-refractivity contribution >= 4 is 39.1 Å². The van der Waals surface area contributed by atoms with E-state index in [0.29, 0.717) is 22.7 Å². The van der Waals surface area contributed by atoms with Crippen LogP contribution < -0.4 is 14.8 Å². The van der Waals surface area contributed by atoms with E-state index in [1.165, 1.54) is 18.9 Å². The molecular formula is C21H20N2O4S2. The van der Waals surface area contributed by atoms with E-state index in [0.717, 1.165) is 4.90 Å². The van der Waals surface area contributed by atoms with E-state index >= 15 is 0 Å². The van der Waals surface area contributed by atoms with E-state index in [1.54, 1.807) is 66.7 Å². The maximum atomic E-state index is 12.5. The number of anilines is 2. The smallest absolute Gasteiger partial charge is 0.261 e. The Labute approximate surface area is 174 Å². The molecule has 0 radical (unpaired) electrons. The number of hydrogen-bond donors (Lipinski definition) is 2. The molecule has 0 aliphatic heterocycles. The number of sulfonamides is 1. The van der Waals surface area contributed by atoms with Crippen LogP contribution in [0.15, 0.2) is 82.6 Å². The number of carbonyl (C=O) groups is 1. The molecule has 0 saturated carbocycles. The number of amides is 1. The molecule has 0 aliphatic carbocycles. The van der Waals surface area contributed by atoms with Gasteiger partial charge in [0.1, 0.15) is 5.75 Å². The monoisotopic (exact) mass is 428 g/mol. The molecule has 0 aliphatic rings. The second-order valence-corrected chi connectivity index (χ2v) is 8.57. The summed E-state index contributed by atoms with van der Waals surface area (Å²) in [6.07, 6.45) is 1.92. The van der Waals surface area contributed by atoms with Crippen LogP contribution in [0.4, 0.5) is 11.4 Å². The molecule has 29 heavy (non-hydrogen) atoms. The maximum Gasteiger partial charge on any atom is 0.261 e. The van der Waals surface area contributed by atoms with Crippen molar-refractivity contribution in [1.29, 1.82) is 0 Å². The Hall–Kier alpha value is -2.97. The van der Waals surface area contributed by atoms with Gasteiger partial charge in [0.05, 0.1) is 17.7 Å². The first-order valence-electron chi connectivity index (χ1n) is 8.64. The lowest BCUT2D eigenvalue weighted by atomic mass is 10.2. The van der Waals surface area contributed by atoms with Crippen molar-refractivity contribution in [2.75, 3.05) is 23.4 Å². The van der Waals surface area contributed by atoms with Crippen LogP contribution in [0.3, 0.4) is 0 Å². The Kier molecular flexibility index (Phi) is 6.46. The molecule has 6 nitrogen and oxygen atoms in total. The first kappa shape index (κ1) is 20.8. The molecule has 3 rings (SSSR count). The highest BCUT2D eigenvalue weighted by Gasteiger charge is 2.15. The highest BCUT2D eigenvalue weighted by atomic mass is 32.2. The summed E-state index contributed by atoms with van der Waals surface area (Å²) in [5, 5.41) is 2.78. The van der Waals surface area contributed by atoms with Crippen molar-refractivity contribution in [1.82, 2.24) is 0 Å². The van der Waals surface area contributed by atoms with Crippen molar-refractivity contribution in [3.63, 3.8) is 0 Å². The van der Waals surface area contributed by atoms with Crippen LogP contribution in [0.2, 0.25) is 0 Å². The number of thioether (sulfide) groups is 1. The van der Waals surface area contributed by atoms with Crippen LogP contribution in [0, 0.1) is 0 Å². The Morgan fingerprint density at radius 1 is 0.931 bits per heavy atom. The standard InChI is InChI=1S/C21H20N2O4S2/c1-27-20-6-4-3-5-19(20)22-21(24)15-7-9-16(10-8-15)23-29(25,26)18-13-11-17(28-2)12-14-18/h3-14,23H,1-2H3,(H,22,24). The number of methoxy groups -OCH3 is 1. The molecule has 150 valence electrons. The van der Waals surface area contributed by atoms with Gasteiger partial charge in [0.15, 0.2) is 0 Å². The van der Waals surface area contributed by atoms with Gasteiger partial charge < -0.3 is 10.1 Å². The van der Waals surface area contributed by atoms with Gasteiger partial charge in [-0.3, -0.25) is 9.52 Å². The van der Waals surface area contributed by atoms with Gasteiger partial charge in [-0.2, -0.15) is 0 Å². The minimum Gasteiger partial charge on any atom is -0.495 e. The van der Waals surface area contributed by atoms with Crippen LogP contribution >= 0.6 is 11.8 Å². The Morgan fingerprint density at radius 2 is 1.59 bits per heavy atom. The average Bonchev–Trinajstić information content (AvgIpc) is 2.74. The molecule has 3 aromatic carbocycles. The summed E-state index contributed by atoms with van der Waals surface area (Å²) in [5.41, 5.74) is 1.31. The number of rotatable bonds is 7. The lowest BCUT2D eigenvalue weighted by Gasteiger charge is -2.11. The maximum absolute atomic E-state index is 12.5. The fourth-order valence-electron chi connectivity index (χ4n) is 2.60. The molecule has 0 heterocycles. The summed E-state index contributed by atoms with van der Waals surface area (Å²) in [5.74, 6) is 0.231. The van der Waals surface area contributed by atoms with E-state index in [-0.39, 0.29) is 10.8 Å². The minimum absolute atomic E-state index is 0.174. The summed E-state index contributed by atoms with van der Waals surface area (Å²) in [6.45, 7) is 0. The summed E-state index contributed by atoms with van der Waals surface area (Å²) in [4.78, 5) is 13.6. The van der Waals surface area contributed by atoms with Crippen LogP contribution in [0.5, 0.6) is 5.75 Å². The zero-order valence-electron chi connectivity index (χ0n) is 15.9. The number of ether oxygens (including phenoxy) is 1. The zero-order chi connectivity index (χ0) is 20.9. The summed E-state index contributed by atoms with van der Waals surface area (Å²) >= 11 is 1.54. The molecule has 1 amide bonds. The Balaban J connectivity index is 1.71. The largest absolute Gasteiger partial charge is 0.495 e. The average molecular weight is 429 g/mol. The van der Waals surface area contributed by atoms with Gasteiger partial charge in [0.2, 0.25) is 0 Å². The van der Waals surface area contributed by atoms with E-state index in [4.69, 9.17) is 4.74 Å². The van der Waals surface area contributed by atoms with Crippen molar-refractivity contribution < 1.29 is 17.9 Å². The highest BCUT2D eigenvalue weighted by molar-refractivity contribution is 7.98. The van der Waals surface area contributed by atoms with Gasteiger partial charge in [-0.15, -0.1) is 11.8 Å². The second-order valence-electron chi connectivity index (χ2n) is 6.01. The zero-order valence-corrected chi connectivity index (χ0v) is 17.5. The molecule has 2 N–H and O–H groups in total. The van der Waals surface area contributed by atoms with Gasteiger partial charge in [-0.05, 0) is 66.9 Å². The topological polar surface area (TPSA) is 84.5 Å². The van der Waals surface area contributed by atoms with E-state index in [9.17, 15) is 13.2 Å². The first-order valence-corrected chi connectivity index (χ1v) is 11.3. The summed E-state index contributed by atoms with van der Waals surface area (Å²) in [7, 11) is -2.18. The molecule has 0 unspecified atom stereocenters. The number of nitrogens with one attached hydrogen (secondary N) is 2. The molecule has 8 heteroatoms. The van der Waals surface area contributed by atoms with Crippen LogP contribution in [0.25, 0.3) is 0 Å². The fourth-order valence-corrected chi connectivity index (χ4v) is 4.07. The molecule has 0 bridgehead atoms. The SMILES string of the molecule is COc1ccccc1NC(=O)c1ccc(NS(=O)(=O)c2ccc(SC)cc2)cc1. The normalized spacial score (nSPS) is 11.0. The number of benzene rings is 3. The highest BCUT2D eigenvalue weighted by Crippen LogP contribution is 2.24. The number of hydrogen-bond acceptors (Lipinski definition) is 5. The van der Waals surface area contributed by atoms with E-state index in [2.05, 4.69) is 10.0 Å². The lowest BCUT2D eigenvalue weighted by Crippen LogP contribution is -2.14. The molecule has 0 aromatic heterocycles. The summed E-state index contributed by atoms with van der Waals surface area (Å²) in [6, 6.07) is 19.9. The third-order valence-corrected chi connectivity index (χ3v) is 6.26. The van der Waals surface area contributed by atoms with E-state index < -0.39 is 10.0 Å². The first-order chi connectivity index (χ1) is 13.9. The van der Waals surface area contributed by atoms with E-state index in [1.807, 2.05) is 12.3 Å². The van der Waals surface area contributed by atoms with Crippen molar-refractivity contribution in [2.24, 2.45) is 0 Å². The molecule has 0 spiro atoms. The van der Waals surface area contributed by atoms with Crippen LogP contribution in [0.1, 0.15) is 10.4 Å². The van der Waals surface area contributed by atoms with Gasteiger partial charge >= 0.3 is 0 Å². The van der Waals surface area contributed by atoms with Crippen molar-refractivity contribution in [2.45, 2.75) is 9.79 Å². The van der Waals surface area contributed by atoms with Crippen LogP contribution in [-0.4, -0.2) is 27.7 Å². The number of para-hydroxylation sites is 2. The Bertz CT molecular complexity index is 1100. The third kappa shape index (κ3) is 5.10. The van der Waals surface area contributed by atoms with Gasteiger partial charge in [-0.1, -0.05) is 12.1 Å². The van der Waals surface area contributed by atoms with Crippen molar-refractivity contribution in [3.8, 4) is 5.75 Å². The molecule has 0 fully saturated rings. The predicted octanol–water partition coefficient (Wildman–Crippen LogP) is 4.47. The lowest BCUT2D eigenvalue weighted by molar-refractivity contribution is 0.102. The van der Waals surface area contributed by atoms with Crippen LogP contribution in [-0.2, 0) is 10.0 Å². The van der Waals surface area contributed by atoms with Gasteiger partial charge in [0.25, 0.3) is 15.9 Å². The Morgan fingerprint density at radius 3 is 2.21 bits per heavy atom. The van der Waals surface area contributed by atoms with Gasteiger partial charge in [-0.25, -0.2) is 8.42 Å². The fraction of sp³-hybridized carbons (Fsp3) is 0.0952. The minimum atomic E-state index is -3.71. The molecule has 0 atom stereocenters. The summed E-state index contributed by atoms with van der Waals surface area (Å²) < 4.78 is 32.8. The molecule has 0 saturated heterocycles. The number of carbonyl (C=O) groups excluding carboxylic acids is 1. The molecule has 3 aromatic rings. The third-order valence-electron chi connectivity index (χ3n) is 4.12. The predicted molar refractivity (Wildman–Crippen MR) is 116 cm³/mol. The quantitative estimate of drug-likeness (QED) is 0.543. The molecular weight excluding hydrogens is 408 g/mol. The van der Waals surface area contributed by atoms with Crippen molar-refractivity contribution in [3.05, 3.63) is 78.4 Å². The van der Waals surface area contributed by atoms with Gasteiger partial charge in [0, 0.05) is 16.1 Å².